The molecular weight excluding hydrogens is 366 g/mol. The van der Waals surface area contributed by atoms with Crippen LogP contribution in [-0.2, 0) is 13.0 Å². The van der Waals surface area contributed by atoms with E-state index in [0.717, 1.165) is 56.0 Å². The summed E-state index contributed by atoms with van der Waals surface area (Å²) >= 11 is 0. The molecule has 3 aliphatic heterocycles. The first-order valence-corrected chi connectivity index (χ1v) is 10.7. The minimum atomic E-state index is -0.174. The zero-order chi connectivity index (χ0) is 20.8. The van der Waals surface area contributed by atoms with Gasteiger partial charge in [0.1, 0.15) is 11.5 Å². The molecule has 0 N–H and O–H groups in total. The molecule has 6 heteroatoms. The molecule has 0 radical (unpaired) electrons. The second-order valence-corrected chi connectivity index (χ2v) is 8.65. The number of fused-ring (bicyclic) bond motifs is 3. The molecule has 1 aromatic carbocycles. The van der Waals surface area contributed by atoms with Crippen molar-refractivity contribution < 1.29 is 14.3 Å². The molecule has 2 amide bonds. The summed E-state index contributed by atoms with van der Waals surface area (Å²) < 4.78 is 11.2. The maximum absolute atomic E-state index is 13.6. The average molecular weight is 400 g/mol. The van der Waals surface area contributed by atoms with Gasteiger partial charge >= 0.3 is 6.03 Å². The highest BCUT2D eigenvalue weighted by Gasteiger charge is 2.54. The first-order valence-electron chi connectivity index (χ1n) is 10.7. The van der Waals surface area contributed by atoms with Crippen LogP contribution < -0.4 is 9.47 Å². The Morgan fingerprint density at radius 1 is 1.17 bits per heavy atom. The molecule has 1 atom stereocenters. The molecule has 0 unspecified atom stereocenters. The SMILES string of the molecule is CCN1C(=O)N2Cc3cc(OC)cc(OC)c3C[C@@H](C)/C=C\2C12CCN(C)CC2. The molecule has 0 aliphatic carbocycles. The second-order valence-electron chi connectivity index (χ2n) is 8.65. The minimum absolute atomic E-state index is 0.130. The van der Waals surface area contributed by atoms with Crippen LogP contribution in [0.5, 0.6) is 11.5 Å². The van der Waals surface area contributed by atoms with Gasteiger partial charge in [-0.2, -0.15) is 0 Å². The van der Waals surface area contributed by atoms with E-state index in [1.54, 1.807) is 14.2 Å². The highest BCUT2D eigenvalue weighted by molar-refractivity contribution is 5.82. The fourth-order valence-corrected chi connectivity index (χ4v) is 5.34. The van der Waals surface area contributed by atoms with Crippen molar-refractivity contribution in [3.63, 3.8) is 0 Å². The smallest absolute Gasteiger partial charge is 0.325 e. The number of carbonyl (C=O) groups is 1. The predicted octanol–water partition coefficient (Wildman–Crippen LogP) is 3.50. The number of likely N-dealkylation sites (tertiary alicyclic amines) is 1. The Morgan fingerprint density at radius 2 is 1.90 bits per heavy atom. The van der Waals surface area contributed by atoms with Gasteiger partial charge in [-0.1, -0.05) is 13.0 Å². The second kappa shape index (κ2) is 7.56. The number of allylic oxidation sites excluding steroid dienone is 1. The summed E-state index contributed by atoms with van der Waals surface area (Å²) in [4.78, 5) is 20.0. The summed E-state index contributed by atoms with van der Waals surface area (Å²) in [5.41, 5.74) is 3.33. The van der Waals surface area contributed by atoms with E-state index in [1.165, 1.54) is 11.3 Å². The zero-order valence-corrected chi connectivity index (χ0v) is 18.3. The Balaban J connectivity index is 1.82. The van der Waals surface area contributed by atoms with Crippen molar-refractivity contribution in [1.29, 1.82) is 0 Å². The van der Waals surface area contributed by atoms with E-state index in [2.05, 4.69) is 42.8 Å². The third-order valence-electron chi connectivity index (χ3n) is 6.90. The lowest BCUT2D eigenvalue weighted by Gasteiger charge is -2.43. The summed E-state index contributed by atoms with van der Waals surface area (Å²) in [5, 5.41) is 0. The molecule has 3 aliphatic rings. The fraction of sp³-hybridized carbons (Fsp3) is 0.609. The largest absolute Gasteiger partial charge is 0.497 e. The quantitative estimate of drug-likeness (QED) is 0.780. The standard InChI is InChI=1S/C23H33N3O3/c1-6-26-22(27)25-15-17-13-18(28-4)14-20(29-5)19(17)11-16(2)12-21(25)23(26)7-9-24(3)10-8-23/h12-14,16H,6-11,15H2,1-5H3/b21-12-/t16-/m1/s1. The van der Waals surface area contributed by atoms with Crippen LogP contribution >= 0.6 is 0 Å². The van der Waals surface area contributed by atoms with Crippen molar-refractivity contribution in [2.75, 3.05) is 40.9 Å². The Labute approximate surface area is 174 Å². The number of piperidine rings is 1. The third kappa shape index (κ3) is 3.18. The van der Waals surface area contributed by atoms with Crippen LogP contribution in [-0.4, -0.2) is 67.2 Å². The van der Waals surface area contributed by atoms with Gasteiger partial charge in [0.15, 0.2) is 0 Å². The van der Waals surface area contributed by atoms with Crippen LogP contribution in [0.2, 0.25) is 0 Å². The number of benzene rings is 1. The van der Waals surface area contributed by atoms with Crippen LogP contribution in [0.4, 0.5) is 4.79 Å². The molecule has 2 fully saturated rings. The lowest BCUT2D eigenvalue weighted by Crippen LogP contribution is -2.53. The molecule has 1 spiro atoms. The number of nitrogens with zero attached hydrogens (tertiary/aromatic N) is 3. The van der Waals surface area contributed by atoms with E-state index >= 15 is 0 Å². The van der Waals surface area contributed by atoms with Crippen molar-refractivity contribution in [2.45, 2.75) is 45.2 Å². The topological polar surface area (TPSA) is 45.3 Å². The lowest BCUT2D eigenvalue weighted by molar-refractivity contribution is 0.104. The van der Waals surface area contributed by atoms with Crippen molar-refractivity contribution in [1.82, 2.24) is 14.7 Å². The molecule has 4 rings (SSSR count). The third-order valence-corrected chi connectivity index (χ3v) is 6.90. The summed E-state index contributed by atoms with van der Waals surface area (Å²) in [6.07, 6.45) is 5.24. The average Bonchev–Trinajstić information content (AvgIpc) is 2.90. The Morgan fingerprint density at radius 3 is 2.52 bits per heavy atom. The van der Waals surface area contributed by atoms with Gasteiger partial charge in [0.2, 0.25) is 0 Å². The normalized spacial score (nSPS) is 25.8. The van der Waals surface area contributed by atoms with Gasteiger partial charge in [-0.15, -0.1) is 0 Å². The fourth-order valence-electron chi connectivity index (χ4n) is 5.34. The van der Waals surface area contributed by atoms with E-state index in [-0.39, 0.29) is 11.6 Å². The number of hydrogen-bond acceptors (Lipinski definition) is 4. The molecule has 6 nitrogen and oxygen atoms in total. The minimum Gasteiger partial charge on any atom is -0.497 e. The first kappa shape index (κ1) is 20.1. The van der Waals surface area contributed by atoms with Crippen LogP contribution in [0, 0.1) is 5.92 Å². The number of urea groups is 1. The van der Waals surface area contributed by atoms with E-state index in [0.29, 0.717) is 12.5 Å². The maximum Gasteiger partial charge on any atom is 0.325 e. The number of rotatable bonds is 3. The van der Waals surface area contributed by atoms with Gasteiger partial charge in [-0.25, -0.2) is 4.79 Å². The molecule has 2 saturated heterocycles. The summed E-state index contributed by atoms with van der Waals surface area (Å²) in [6.45, 7) is 7.67. The van der Waals surface area contributed by atoms with Gasteiger partial charge in [-0.3, -0.25) is 4.90 Å². The number of amides is 2. The highest BCUT2D eigenvalue weighted by Crippen LogP contribution is 2.46. The van der Waals surface area contributed by atoms with Gasteiger partial charge in [0.05, 0.1) is 26.3 Å². The number of methoxy groups -OCH3 is 2. The molecule has 29 heavy (non-hydrogen) atoms. The lowest BCUT2D eigenvalue weighted by atomic mass is 9.81. The van der Waals surface area contributed by atoms with Gasteiger partial charge in [0.25, 0.3) is 0 Å². The van der Waals surface area contributed by atoms with Crippen LogP contribution in [0.15, 0.2) is 23.9 Å². The van der Waals surface area contributed by atoms with E-state index in [4.69, 9.17) is 9.47 Å². The molecule has 0 saturated carbocycles. The molecule has 0 bridgehead atoms. The number of likely N-dealkylation sites (N-methyl/N-ethyl adjacent to an activating group) is 1. The van der Waals surface area contributed by atoms with Crippen LogP contribution in [0.1, 0.15) is 37.8 Å². The van der Waals surface area contributed by atoms with Gasteiger partial charge in [-0.05, 0) is 56.3 Å². The predicted molar refractivity (Wildman–Crippen MR) is 113 cm³/mol. The first-order chi connectivity index (χ1) is 13.9. The number of hydrogen-bond donors (Lipinski definition) is 0. The van der Waals surface area contributed by atoms with Gasteiger partial charge in [0, 0.05) is 31.4 Å². The van der Waals surface area contributed by atoms with Crippen LogP contribution in [0.25, 0.3) is 0 Å². The zero-order valence-electron chi connectivity index (χ0n) is 18.3. The van der Waals surface area contributed by atoms with Crippen molar-refractivity contribution >= 4 is 6.03 Å². The molecular formula is C23H33N3O3. The number of ether oxygens (including phenoxy) is 2. The van der Waals surface area contributed by atoms with E-state index < -0.39 is 0 Å². The van der Waals surface area contributed by atoms with Gasteiger partial charge < -0.3 is 19.3 Å². The summed E-state index contributed by atoms with van der Waals surface area (Å²) in [5.74, 6) is 1.93. The highest BCUT2D eigenvalue weighted by atomic mass is 16.5. The van der Waals surface area contributed by atoms with Crippen LogP contribution in [0.3, 0.4) is 0 Å². The molecule has 0 aromatic heterocycles. The molecule has 1 aromatic rings. The Kier molecular flexibility index (Phi) is 5.23. The van der Waals surface area contributed by atoms with E-state index in [9.17, 15) is 4.79 Å². The Bertz CT molecular complexity index is 827. The number of carbonyl (C=O) groups excluding carboxylic acids is 1. The molecule has 3 heterocycles. The Hall–Kier alpha value is -2.21. The van der Waals surface area contributed by atoms with Crippen molar-refractivity contribution in [3.05, 3.63) is 35.0 Å². The van der Waals surface area contributed by atoms with Crippen molar-refractivity contribution in [3.8, 4) is 11.5 Å². The summed E-state index contributed by atoms with van der Waals surface area (Å²) in [6, 6.07) is 4.14. The summed E-state index contributed by atoms with van der Waals surface area (Å²) in [7, 11) is 5.54. The van der Waals surface area contributed by atoms with Crippen molar-refractivity contribution in [2.24, 2.45) is 5.92 Å². The maximum atomic E-state index is 13.6. The van der Waals surface area contributed by atoms with E-state index in [1.807, 2.05) is 11.0 Å². The molecule has 158 valence electrons. The monoisotopic (exact) mass is 399 g/mol.